The van der Waals surface area contributed by atoms with Gasteiger partial charge in [0.25, 0.3) is 5.91 Å². The first kappa shape index (κ1) is 17.9. The fraction of sp³-hybridized carbons (Fsp3) is 0.158. The van der Waals surface area contributed by atoms with Crippen molar-refractivity contribution in [2.75, 3.05) is 19.5 Å². The van der Waals surface area contributed by atoms with E-state index in [1.165, 1.54) is 24.5 Å². The summed E-state index contributed by atoms with van der Waals surface area (Å²) in [6.07, 6.45) is 0. The number of aryl methyl sites for hydroxylation is 1. The Kier molecular flexibility index (Phi) is 5.18. The van der Waals surface area contributed by atoms with Crippen molar-refractivity contribution in [3.8, 4) is 22.8 Å². The Labute approximate surface area is 154 Å². The molecule has 3 rings (SSSR count). The van der Waals surface area contributed by atoms with Crippen molar-refractivity contribution in [2.24, 2.45) is 0 Å². The lowest BCUT2D eigenvalue weighted by Gasteiger charge is -2.07. The third-order valence-corrected chi connectivity index (χ3v) is 4.60. The number of nitrogens with one attached hydrogen (secondary N) is 1. The SMILES string of the molecule is COc1cc(C(=O)Nc2nc(-c3ccc(OC)c(F)c3)cs2)ccc1C. The number of benzene rings is 2. The number of rotatable bonds is 5. The predicted octanol–water partition coefficient (Wildman–Crippen LogP) is 4.53. The summed E-state index contributed by atoms with van der Waals surface area (Å²) in [7, 11) is 2.97. The molecule has 0 unspecified atom stereocenters. The van der Waals surface area contributed by atoms with E-state index in [-0.39, 0.29) is 11.7 Å². The maximum absolute atomic E-state index is 13.8. The van der Waals surface area contributed by atoms with Crippen molar-refractivity contribution in [1.29, 1.82) is 0 Å². The van der Waals surface area contributed by atoms with E-state index in [0.29, 0.717) is 27.7 Å². The van der Waals surface area contributed by atoms with Crippen molar-refractivity contribution in [2.45, 2.75) is 6.92 Å². The third-order valence-electron chi connectivity index (χ3n) is 3.84. The Balaban J connectivity index is 1.78. The highest BCUT2D eigenvalue weighted by molar-refractivity contribution is 7.14. The average Bonchev–Trinajstić information content (AvgIpc) is 3.10. The molecule has 5 nitrogen and oxygen atoms in total. The van der Waals surface area contributed by atoms with Gasteiger partial charge in [0.05, 0.1) is 19.9 Å². The van der Waals surface area contributed by atoms with Crippen molar-refractivity contribution < 1.29 is 18.7 Å². The molecule has 0 aliphatic rings. The zero-order valence-corrected chi connectivity index (χ0v) is 15.3. The van der Waals surface area contributed by atoms with E-state index in [1.807, 2.05) is 13.0 Å². The first-order chi connectivity index (χ1) is 12.5. The van der Waals surface area contributed by atoms with Gasteiger partial charge >= 0.3 is 0 Å². The molecule has 1 amide bonds. The number of carbonyl (C=O) groups excluding carboxylic acids is 1. The zero-order valence-electron chi connectivity index (χ0n) is 14.5. The van der Waals surface area contributed by atoms with E-state index in [9.17, 15) is 9.18 Å². The minimum atomic E-state index is -0.463. The van der Waals surface area contributed by atoms with Gasteiger partial charge in [-0.15, -0.1) is 11.3 Å². The van der Waals surface area contributed by atoms with Crippen LogP contribution in [0.15, 0.2) is 41.8 Å². The second-order valence-corrected chi connectivity index (χ2v) is 6.38. The maximum Gasteiger partial charge on any atom is 0.257 e. The van der Waals surface area contributed by atoms with Gasteiger partial charge in [0.2, 0.25) is 0 Å². The summed E-state index contributed by atoms with van der Waals surface area (Å²) in [5, 5.41) is 4.94. The van der Waals surface area contributed by atoms with Crippen LogP contribution >= 0.6 is 11.3 Å². The molecule has 1 N–H and O–H groups in total. The fourth-order valence-corrected chi connectivity index (χ4v) is 3.13. The lowest BCUT2D eigenvalue weighted by molar-refractivity contribution is 0.102. The molecule has 0 atom stereocenters. The Morgan fingerprint density at radius 1 is 1.12 bits per heavy atom. The summed E-state index contributed by atoms with van der Waals surface area (Å²) in [6, 6.07) is 9.83. The Bertz CT molecular complexity index is 956. The number of nitrogens with zero attached hydrogens (tertiary/aromatic N) is 1. The van der Waals surface area contributed by atoms with Crippen LogP contribution in [0.1, 0.15) is 15.9 Å². The summed E-state index contributed by atoms with van der Waals surface area (Å²) in [6.45, 7) is 1.90. The molecule has 0 bridgehead atoms. The highest BCUT2D eigenvalue weighted by atomic mass is 32.1. The van der Waals surface area contributed by atoms with E-state index >= 15 is 0 Å². The first-order valence-electron chi connectivity index (χ1n) is 7.77. The summed E-state index contributed by atoms with van der Waals surface area (Å²) < 4.78 is 24.0. The predicted molar refractivity (Wildman–Crippen MR) is 99.7 cm³/mol. The molecule has 0 saturated heterocycles. The normalized spacial score (nSPS) is 10.5. The van der Waals surface area contributed by atoms with Gasteiger partial charge in [-0.05, 0) is 42.8 Å². The van der Waals surface area contributed by atoms with Crippen LogP contribution in [0.5, 0.6) is 11.5 Å². The quantitative estimate of drug-likeness (QED) is 0.715. The van der Waals surface area contributed by atoms with E-state index in [2.05, 4.69) is 10.3 Å². The number of anilines is 1. The van der Waals surface area contributed by atoms with E-state index in [0.717, 1.165) is 5.56 Å². The number of halogens is 1. The molecule has 0 aliphatic heterocycles. The molecule has 1 aromatic heterocycles. The molecule has 0 fully saturated rings. The number of ether oxygens (including phenoxy) is 2. The van der Waals surface area contributed by atoms with Crippen molar-refractivity contribution in [3.63, 3.8) is 0 Å². The molecule has 26 heavy (non-hydrogen) atoms. The van der Waals surface area contributed by atoms with Crippen LogP contribution in [0.25, 0.3) is 11.3 Å². The Hall–Kier alpha value is -2.93. The number of hydrogen-bond donors (Lipinski definition) is 1. The number of methoxy groups -OCH3 is 2. The molecular formula is C19H17FN2O3S. The molecule has 0 spiro atoms. The second kappa shape index (κ2) is 7.53. The number of thiazole rings is 1. The van der Waals surface area contributed by atoms with Gasteiger partial charge in [0, 0.05) is 16.5 Å². The topological polar surface area (TPSA) is 60.5 Å². The molecule has 0 saturated carbocycles. The Morgan fingerprint density at radius 2 is 1.88 bits per heavy atom. The minimum absolute atomic E-state index is 0.172. The maximum atomic E-state index is 13.8. The van der Waals surface area contributed by atoms with E-state index < -0.39 is 5.82 Å². The molecule has 1 heterocycles. The van der Waals surface area contributed by atoms with Crippen LogP contribution in [-0.2, 0) is 0 Å². The monoisotopic (exact) mass is 372 g/mol. The van der Waals surface area contributed by atoms with Crippen LogP contribution in [0.2, 0.25) is 0 Å². The van der Waals surface area contributed by atoms with Crippen LogP contribution < -0.4 is 14.8 Å². The second-order valence-electron chi connectivity index (χ2n) is 5.53. The van der Waals surface area contributed by atoms with Crippen molar-refractivity contribution >= 4 is 22.4 Å². The highest BCUT2D eigenvalue weighted by Gasteiger charge is 2.13. The van der Waals surface area contributed by atoms with Crippen molar-refractivity contribution in [1.82, 2.24) is 4.98 Å². The van der Waals surface area contributed by atoms with Gasteiger partial charge in [-0.1, -0.05) is 6.07 Å². The number of hydrogen-bond acceptors (Lipinski definition) is 5. The average molecular weight is 372 g/mol. The molecule has 0 aliphatic carbocycles. The molecular weight excluding hydrogens is 355 g/mol. The van der Waals surface area contributed by atoms with E-state index in [1.54, 1.807) is 36.8 Å². The number of aromatic nitrogens is 1. The van der Waals surface area contributed by atoms with Crippen LogP contribution in [0, 0.1) is 12.7 Å². The van der Waals surface area contributed by atoms with Crippen LogP contribution in [-0.4, -0.2) is 25.1 Å². The van der Waals surface area contributed by atoms with Gasteiger partial charge in [-0.25, -0.2) is 9.37 Å². The van der Waals surface area contributed by atoms with E-state index in [4.69, 9.17) is 9.47 Å². The Morgan fingerprint density at radius 3 is 2.58 bits per heavy atom. The fourth-order valence-electron chi connectivity index (χ4n) is 2.42. The zero-order chi connectivity index (χ0) is 18.7. The highest BCUT2D eigenvalue weighted by Crippen LogP contribution is 2.29. The molecule has 0 radical (unpaired) electrons. The number of amides is 1. The standard InChI is InChI=1S/C19H17FN2O3S/c1-11-4-5-13(9-17(11)25-3)18(23)22-19-21-15(10-26-19)12-6-7-16(24-2)14(20)8-12/h4-10H,1-3H3,(H,21,22,23). The summed E-state index contributed by atoms with van der Waals surface area (Å²) in [4.78, 5) is 16.8. The van der Waals surface area contributed by atoms with Gasteiger partial charge < -0.3 is 9.47 Å². The van der Waals surface area contributed by atoms with Crippen LogP contribution in [0.4, 0.5) is 9.52 Å². The molecule has 134 valence electrons. The van der Waals surface area contributed by atoms with Gasteiger partial charge in [-0.3, -0.25) is 10.1 Å². The van der Waals surface area contributed by atoms with Gasteiger partial charge in [0.1, 0.15) is 5.75 Å². The molecule has 3 aromatic rings. The summed E-state index contributed by atoms with van der Waals surface area (Å²) in [5.74, 6) is 0.0671. The van der Waals surface area contributed by atoms with Crippen LogP contribution in [0.3, 0.4) is 0 Å². The van der Waals surface area contributed by atoms with Gasteiger partial charge in [0.15, 0.2) is 16.7 Å². The number of carbonyl (C=O) groups is 1. The molecule has 2 aromatic carbocycles. The smallest absolute Gasteiger partial charge is 0.257 e. The largest absolute Gasteiger partial charge is 0.496 e. The molecule has 7 heteroatoms. The van der Waals surface area contributed by atoms with Gasteiger partial charge in [-0.2, -0.15) is 0 Å². The van der Waals surface area contributed by atoms with Crippen molar-refractivity contribution in [3.05, 3.63) is 58.7 Å². The summed E-state index contributed by atoms with van der Waals surface area (Å²) in [5.41, 5.74) is 2.60. The minimum Gasteiger partial charge on any atom is -0.496 e. The third kappa shape index (κ3) is 3.67. The lowest BCUT2D eigenvalue weighted by atomic mass is 10.1. The lowest BCUT2D eigenvalue weighted by Crippen LogP contribution is -2.12. The summed E-state index contributed by atoms with van der Waals surface area (Å²) >= 11 is 1.27. The first-order valence-corrected chi connectivity index (χ1v) is 8.65.